The Morgan fingerprint density at radius 3 is 2.48 bits per heavy atom. The summed E-state index contributed by atoms with van der Waals surface area (Å²) in [6.07, 6.45) is 1.57. The Morgan fingerprint density at radius 1 is 0.968 bits per heavy atom. The topological polar surface area (TPSA) is 118 Å². The molecule has 31 heavy (non-hydrogen) atoms. The summed E-state index contributed by atoms with van der Waals surface area (Å²) in [6, 6.07) is 22.1. The van der Waals surface area contributed by atoms with Gasteiger partial charge in [0.05, 0.1) is 16.1 Å². The number of benzene rings is 3. The molecule has 0 atom stereocenters. The zero-order valence-electron chi connectivity index (χ0n) is 16.2. The van der Waals surface area contributed by atoms with Crippen molar-refractivity contribution in [2.45, 2.75) is 11.5 Å². The number of nitrogens with zero attached hydrogens (tertiary/aromatic N) is 2. The van der Waals surface area contributed by atoms with E-state index in [1.807, 2.05) is 36.4 Å². The SMILES string of the molecule is O=[N+]([O-])c1ccccc1S(O)(O)Nc1ccc(OCc2ccccc2)c2cccnc12. The first-order valence-corrected chi connectivity index (χ1v) is 10.8. The summed E-state index contributed by atoms with van der Waals surface area (Å²) < 4.78 is 30.0. The van der Waals surface area contributed by atoms with Crippen molar-refractivity contribution in [1.29, 1.82) is 0 Å². The summed E-state index contributed by atoms with van der Waals surface area (Å²) in [4.78, 5) is 14.8. The van der Waals surface area contributed by atoms with Crippen LogP contribution < -0.4 is 9.46 Å². The number of para-hydroxylation sites is 1. The summed E-state index contributed by atoms with van der Waals surface area (Å²) in [7, 11) is -3.72. The fourth-order valence-corrected chi connectivity index (χ4v) is 4.43. The van der Waals surface area contributed by atoms with Crippen LogP contribution in [0.15, 0.2) is 90.0 Å². The highest BCUT2D eigenvalue weighted by molar-refractivity contribution is 8.25. The number of pyridine rings is 1. The zero-order valence-corrected chi connectivity index (χ0v) is 17.0. The monoisotopic (exact) mass is 437 g/mol. The van der Waals surface area contributed by atoms with Crippen LogP contribution in [-0.2, 0) is 6.61 Å². The van der Waals surface area contributed by atoms with E-state index in [0.717, 1.165) is 5.56 Å². The van der Waals surface area contributed by atoms with Crippen molar-refractivity contribution >= 4 is 33.1 Å². The number of nitro benzene ring substituents is 1. The molecule has 0 aliphatic rings. The van der Waals surface area contributed by atoms with E-state index in [4.69, 9.17) is 4.74 Å². The lowest BCUT2D eigenvalue weighted by molar-refractivity contribution is -0.387. The number of aromatic nitrogens is 1. The normalized spacial score (nSPS) is 11.8. The summed E-state index contributed by atoms with van der Waals surface area (Å²) in [5, 5.41) is 12.0. The molecule has 3 N–H and O–H groups in total. The van der Waals surface area contributed by atoms with Gasteiger partial charge < -0.3 is 4.74 Å². The molecule has 158 valence electrons. The van der Waals surface area contributed by atoms with E-state index < -0.39 is 15.7 Å². The molecule has 0 saturated carbocycles. The lowest BCUT2D eigenvalue weighted by Gasteiger charge is -2.33. The average molecular weight is 437 g/mol. The van der Waals surface area contributed by atoms with Crippen molar-refractivity contribution in [2.24, 2.45) is 0 Å². The molecule has 0 bridgehead atoms. The Hall–Kier alpha value is -3.66. The largest absolute Gasteiger partial charge is 0.488 e. The van der Waals surface area contributed by atoms with Crippen LogP contribution in [0.4, 0.5) is 11.4 Å². The van der Waals surface area contributed by atoms with Crippen LogP contribution in [0.2, 0.25) is 0 Å². The first-order chi connectivity index (χ1) is 15.0. The van der Waals surface area contributed by atoms with Gasteiger partial charge in [0, 0.05) is 17.6 Å². The molecular weight excluding hydrogens is 418 g/mol. The van der Waals surface area contributed by atoms with Crippen LogP contribution in [0.25, 0.3) is 10.9 Å². The predicted molar refractivity (Wildman–Crippen MR) is 120 cm³/mol. The van der Waals surface area contributed by atoms with Gasteiger partial charge in [-0.05, 0) is 35.9 Å². The lowest BCUT2D eigenvalue weighted by atomic mass is 10.1. The zero-order chi connectivity index (χ0) is 21.8. The molecule has 0 aliphatic carbocycles. The second kappa shape index (κ2) is 8.60. The van der Waals surface area contributed by atoms with E-state index in [0.29, 0.717) is 28.9 Å². The fourth-order valence-electron chi connectivity index (χ4n) is 3.15. The van der Waals surface area contributed by atoms with E-state index in [2.05, 4.69) is 9.71 Å². The molecular formula is C22H19N3O5S. The third-order valence-electron chi connectivity index (χ3n) is 4.59. The maximum absolute atomic E-state index is 11.3. The molecule has 0 spiro atoms. The Morgan fingerprint density at radius 2 is 1.71 bits per heavy atom. The molecule has 4 aromatic rings. The van der Waals surface area contributed by atoms with Crippen LogP contribution in [0.1, 0.15) is 5.56 Å². The van der Waals surface area contributed by atoms with Gasteiger partial charge in [-0.1, -0.05) is 53.2 Å². The number of nitrogens with one attached hydrogen (secondary N) is 1. The highest BCUT2D eigenvalue weighted by atomic mass is 32.3. The molecule has 8 nitrogen and oxygen atoms in total. The van der Waals surface area contributed by atoms with E-state index >= 15 is 0 Å². The summed E-state index contributed by atoms with van der Waals surface area (Å²) in [5.74, 6) is 0.583. The molecule has 1 heterocycles. The van der Waals surface area contributed by atoms with Gasteiger partial charge >= 0.3 is 0 Å². The first kappa shape index (κ1) is 20.6. The van der Waals surface area contributed by atoms with Crippen LogP contribution in [0, 0.1) is 10.1 Å². The molecule has 0 unspecified atom stereocenters. The third-order valence-corrected chi connectivity index (χ3v) is 6.05. The second-order valence-corrected chi connectivity index (χ2v) is 8.40. The van der Waals surface area contributed by atoms with E-state index in [1.54, 1.807) is 24.4 Å². The number of nitro groups is 1. The van der Waals surface area contributed by atoms with E-state index in [-0.39, 0.29) is 10.6 Å². The lowest BCUT2D eigenvalue weighted by Crippen LogP contribution is -2.12. The number of fused-ring (bicyclic) bond motifs is 1. The molecule has 3 aromatic carbocycles. The second-order valence-electron chi connectivity index (χ2n) is 6.66. The standard InChI is InChI=1S/C22H19N3O5S/c26-25(27)19-10-4-5-11-21(19)31(28,29)24-18-12-13-20(17-9-6-14-23-22(17)18)30-15-16-7-2-1-3-8-16/h1-14,24,28-29H,15H2. The minimum Gasteiger partial charge on any atom is -0.488 e. The molecule has 0 amide bonds. The quantitative estimate of drug-likeness (QED) is 0.245. The molecule has 0 aliphatic heterocycles. The predicted octanol–water partition coefficient (Wildman–Crippen LogP) is 5.86. The van der Waals surface area contributed by atoms with Gasteiger partial charge in [0.2, 0.25) is 0 Å². The number of hydrogen-bond acceptors (Lipinski definition) is 7. The maximum atomic E-state index is 11.3. The Bertz CT molecular complexity index is 1230. The molecule has 9 heteroatoms. The molecule has 0 fully saturated rings. The third kappa shape index (κ3) is 4.43. The smallest absolute Gasteiger partial charge is 0.294 e. The van der Waals surface area contributed by atoms with Gasteiger partial charge in [0.25, 0.3) is 5.69 Å². The summed E-state index contributed by atoms with van der Waals surface area (Å²) >= 11 is 0. The Balaban J connectivity index is 1.67. The number of anilines is 1. The van der Waals surface area contributed by atoms with Gasteiger partial charge in [0.1, 0.15) is 12.4 Å². The van der Waals surface area contributed by atoms with E-state index in [1.165, 1.54) is 24.3 Å². The van der Waals surface area contributed by atoms with Crippen molar-refractivity contribution in [2.75, 3.05) is 4.72 Å². The Kier molecular flexibility index (Phi) is 5.72. The Labute approximate surface area is 179 Å². The molecule has 0 radical (unpaired) electrons. The van der Waals surface area contributed by atoms with Crippen LogP contribution >= 0.6 is 10.8 Å². The van der Waals surface area contributed by atoms with Crippen molar-refractivity contribution in [1.82, 2.24) is 4.98 Å². The minimum absolute atomic E-state index is 0.200. The summed E-state index contributed by atoms with van der Waals surface area (Å²) in [5.41, 5.74) is 1.40. The van der Waals surface area contributed by atoms with Gasteiger partial charge in [-0.15, -0.1) is 0 Å². The minimum atomic E-state index is -3.72. The van der Waals surface area contributed by atoms with Gasteiger partial charge in [-0.3, -0.25) is 28.9 Å². The first-order valence-electron chi connectivity index (χ1n) is 9.29. The van der Waals surface area contributed by atoms with Gasteiger partial charge in [-0.25, -0.2) is 0 Å². The number of ether oxygens (including phenoxy) is 1. The number of hydrogen-bond donors (Lipinski definition) is 3. The van der Waals surface area contributed by atoms with Gasteiger partial charge in [0.15, 0.2) is 4.90 Å². The number of rotatable bonds is 7. The van der Waals surface area contributed by atoms with Crippen LogP contribution in [-0.4, -0.2) is 19.0 Å². The fraction of sp³-hybridized carbons (Fsp3) is 0.0455. The van der Waals surface area contributed by atoms with Crippen LogP contribution in [0.5, 0.6) is 5.75 Å². The van der Waals surface area contributed by atoms with Crippen molar-refractivity contribution in [3.63, 3.8) is 0 Å². The molecule has 1 aromatic heterocycles. The van der Waals surface area contributed by atoms with Crippen molar-refractivity contribution < 1.29 is 18.8 Å². The maximum Gasteiger partial charge on any atom is 0.294 e. The molecule has 4 rings (SSSR count). The highest BCUT2D eigenvalue weighted by Gasteiger charge is 2.26. The van der Waals surface area contributed by atoms with Gasteiger partial charge in [-0.2, -0.15) is 0 Å². The highest BCUT2D eigenvalue weighted by Crippen LogP contribution is 2.52. The van der Waals surface area contributed by atoms with Crippen molar-refractivity contribution in [3.05, 3.63) is 101 Å². The summed E-state index contributed by atoms with van der Waals surface area (Å²) in [6.45, 7) is 0.364. The van der Waals surface area contributed by atoms with E-state index in [9.17, 15) is 19.2 Å². The van der Waals surface area contributed by atoms with Crippen molar-refractivity contribution in [3.8, 4) is 5.75 Å². The molecule has 0 saturated heterocycles. The average Bonchev–Trinajstić information content (AvgIpc) is 2.79. The van der Waals surface area contributed by atoms with Crippen LogP contribution in [0.3, 0.4) is 0 Å².